The topological polar surface area (TPSA) is 313 Å². The van der Waals surface area contributed by atoms with E-state index >= 15 is 0 Å². The molecular formula is C52H84O20. The van der Waals surface area contributed by atoms with E-state index in [1.807, 2.05) is 0 Å². The van der Waals surface area contributed by atoms with Crippen LogP contribution in [0.5, 0.6) is 0 Å². The number of ether oxygens (including phenoxy) is 8. The summed E-state index contributed by atoms with van der Waals surface area (Å²) in [6.45, 7) is 16.4. The number of allylic oxidation sites excluding steroid dienone is 2. The fourth-order valence-corrected chi connectivity index (χ4v) is 16.0. The first-order valence-corrected chi connectivity index (χ1v) is 26.5. The molecule has 0 radical (unpaired) electrons. The van der Waals surface area contributed by atoms with E-state index in [0.717, 1.165) is 44.9 Å². The van der Waals surface area contributed by atoms with E-state index in [-0.39, 0.29) is 46.2 Å². The summed E-state index contributed by atoms with van der Waals surface area (Å²) in [6.07, 6.45) is -17.4. The summed E-state index contributed by atoms with van der Waals surface area (Å²) in [5.41, 5.74) is 0.0683. The number of hydrogen-bond acceptors (Lipinski definition) is 19. The van der Waals surface area contributed by atoms with Crippen molar-refractivity contribution in [2.75, 3.05) is 19.8 Å². The Kier molecular flexibility index (Phi) is 15.2. The highest BCUT2D eigenvalue weighted by Crippen LogP contribution is 2.76. The molecule has 0 bridgehead atoms. The summed E-state index contributed by atoms with van der Waals surface area (Å²) in [6, 6.07) is 0. The van der Waals surface area contributed by atoms with E-state index < -0.39 is 141 Å². The minimum atomic E-state index is -1.86. The van der Waals surface area contributed by atoms with Crippen LogP contribution in [0.1, 0.15) is 120 Å². The first kappa shape index (κ1) is 55.3. The molecule has 4 aliphatic heterocycles. The third-order valence-electron chi connectivity index (χ3n) is 20.7. The number of fused-ring (bicyclic) bond motifs is 7. The summed E-state index contributed by atoms with van der Waals surface area (Å²) in [5, 5.41) is 119. The first-order chi connectivity index (χ1) is 33.7. The number of aliphatic hydroxyl groups excluding tert-OH is 10. The third kappa shape index (κ3) is 8.87. The van der Waals surface area contributed by atoms with Crippen molar-refractivity contribution in [1.29, 1.82) is 0 Å². The molecule has 9 rings (SSSR count). The maximum Gasteiger partial charge on any atom is 0.310 e. The summed E-state index contributed by atoms with van der Waals surface area (Å²) >= 11 is 0. The Morgan fingerprint density at radius 2 is 1.29 bits per heavy atom. The van der Waals surface area contributed by atoms with E-state index in [2.05, 4.69) is 54.5 Å². The van der Waals surface area contributed by atoms with E-state index in [1.54, 1.807) is 0 Å². The number of hydrogen-bond donors (Lipinski definition) is 11. The van der Waals surface area contributed by atoms with Gasteiger partial charge in [-0.05, 0) is 116 Å². The monoisotopic (exact) mass is 1030 g/mol. The Bertz CT molecular complexity index is 1990. The average Bonchev–Trinajstić information content (AvgIpc) is 3.32. The summed E-state index contributed by atoms with van der Waals surface area (Å²) in [4.78, 5) is 13.2. The van der Waals surface area contributed by atoms with Gasteiger partial charge in [0, 0.05) is 0 Å². The van der Waals surface area contributed by atoms with Crippen LogP contribution in [0.25, 0.3) is 0 Å². The molecule has 4 saturated heterocycles. The fraction of sp³-hybridized carbons (Fsp3) is 0.942. The molecule has 20 heteroatoms. The Morgan fingerprint density at radius 3 is 1.99 bits per heavy atom. The zero-order chi connectivity index (χ0) is 52.4. The van der Waals surface area contributed by atoms with Crippen LogP contribution in [0, 0.1) is 50.2 Å². The molecular weight excluding hydrogens is 945 g/mol. The predicted molar refractivity (Wildman–Crippen MR) is 250 cm³/mol. The van der Waals surface area contributed by atoms with Gasteiger partial charge in [0.25, 0.3) is 0 Å². The minimum Gasteiger partial charge on any atom is -0.481 e. The SMILES string of the molecule is C[C@H]1O[C@H](O[C@@H]2[C@H](O[C@@H]3CC[C@@]4(C)[C@H](CC[C@@]5(C)[C@H]4CC=C4[C@@H]6CC(C)(C)CC[C@]6(C(=O)O)CC[C@@]45C)C3(C)C)OC[C@H](O)[C@@H]2O)[C@H](O)[C@H](O[C@@H]2OC[C@@H](O[C@H]3O[C@@H](CO)[C@@H](O)[C@@H](O)[C@@H]3O)[C@@H](O)[C@@H]2O)[C@H]1O. The van der Waals surface area contributed by atoms with Gasteiger partial charge in [0.05, 0.1) is 37.4 Å². The molecule has 412 valence electrons. The van der Waals surface area contributed by atoms with Gasteiger partial charge in [-0.1, -0.05) is 60.1 Å². The quantitative estimate of drug-likeness (QED) is 0.107. The predicted octanol–water partition coefficient (Wildman–Crippen LogP) is 0.836. The maximum atomic E-state index is 13.2. The summed E-state index contributed by atoms with van der Waals surface area (Å²) in [5.74, 6) is -0.0524. The number of carboxylic acids is 1. The van der Waals surface area contributed by atoms with Crippen LogP contribution in [0.3, 0.4) is 0 Å². The molecule has 11 N–H and O–H groups in total. The van der Waals surface area contributed by atoms with E-state index in [9.17, 15) is 61.0 Å². The second kappa shape index (κ2) is 19.7. The lowest BCUT2D eigenvalue weighted by Gasteiger charge is -2.71. The Labute approximate surface area is 421 Å². The maximum absolute atomic E-state index is 13.2. The van der Waals surface area contributed by atoms with Crippen LogP contribution < -0.4 is 0 Å². The number of carboxylic acid groups (broad SMARTS) is 1. The zero-order valence-corrected chi connectivity index (χ0v) is 43.1. The van der Waals surface area contributed by atoms with Gasteiger partial charge in [0.1, 0.15) is 79.4 Å². The second-order valence-corrected chi connectivity index (χ2v) is 25.4. The lowest BCUT2D eigenvalue weighted by molar-refractivity contribution is -0.382. The highest BCUT2D eigenvalue weighted by molar-refractivity contribution is 5.76. The smallest absolute Gasteiger partial charge is 0.310 e. The van der Waals surface area contributed by atoms with Crippen LogP contribution >= 0.6 is 0 Å². The molecule has 0 aromatic heterocycles. The fourth-order valence-electron chi connectivity index (χ4n) is 16.0. The van der Waals surface area contributed by atoms with E-state index in [4.69, 9.17) is 37.9 Å². The molecule has 8 fully saturated rings. The second-order valence-electron chi connectivity index (χ2n) is 25.4. The standard InChI is InChI=1S/C52H84O20/c1-23-32(55)40(71-42-37(60)35(58)28(22-66-42)69-43-38(61)36(59)34(57)27(20-53)68-43)39(62)44(67-23)72-41-33(56)26(54)21-65-45(41)70-31-12-13-49(6)29(48(31,4)5)11-14-51(8)30(49)10-9-24-25-19-47(2,3)15-17-52(25,46(63)64)18-16-50(24,51)7/h9,23,25-45,53-62H,10-22H2,1-8H3,(H,63,64)/t23-,25+,26+,27+,28-,29-,30+,31-,32+,33+,34-,35-,36-,37+,38+,39-,40-,41+,42+,43-,44-,45+,49+,50+,51+,52+/m1/s1. The molecule has 0 aromatic rings. The van der Waals surface area contributed by atoms with Crippen molar-refractivity contribution >= 4 is 5.97 Å². The molecule has 4 heterocycles. The molecule has 0 aromatic carbocycles. The minimum absolute atomic E-state index is 0.0208. The van der Waals surface area contributed by atoms with E-state index in [0.29, 0.717) is 25.2 Å². The number of aliphatic hydroxyl groups is 10. The van der Waals surface area contributed by atoms with Gasteiger partial charge >= 0.3 is 5.97 Å². The van der Waals surface area contributed by atoms with Crippen molar-refractivity contribution < 1.29 is 98.9 Å². The third-order valence-corrected chi connectivity index (χ3v) is 20.7. The molecule has 5 aliphatic carbocycles. The average molecular weight is 1030 g/mol. The van der Waals surface area contributed by atoms with Crippen LogP contribution in [-0.4, -0.2) is 199 Å². The number of aliphatic carboxylic acids is 1. The summed E-state index contributed by atoms with van der Waals surface area (Å²) in [7, 11) is 0. The number of rotatable bonds is 10. The molecule has 26 atom stereocenters. The van der Waals surface area contributed by atoms with E-state index in [1.165, 1.54) is 12.5 Å². The largest absolute Gasteiger partial charge is 0.481 e. The highest BCUT2D eigenvalue weighted by Gasteiger charge is 2.70. The van der Waals surface area contributed by atoms with Crippen molar-refractivity contribution in [2.24, 2.45) is 50.2 Å². The van der Waals surface area contributed by atoms with Crippen LogP contribution in [0.4, 0.5) is 0 Å². The normalized spacial score (nSPS) is 54.3. The lowest BCUT2D eigenvalue weighted by Crippen LogP contribution is -2.66. The Balaban J connectivity index is 0.874. The van der Waals surface area contributed by atoms with Gasteiger partial charge < -0.3 is 94.1 Å². The molecule has 9 aliphatic rings. The van der Waals surface area contributed by atoms with Crippen LogP contribution in [-0.2, 0) is 42.7 Å². The molecule has 0 unspecified atom stereocenters. The lowest BCUT2D eigenvalue weighted by atomic mass is 9.33. The molecule has 4 saturated carbocycles. The van der Waals surface area contributed by atoms with Gasteiger partial charge in [-0.3, -0.25) is 4.79 Å². The van der Waals surface area contributed by atoms with Crippen LogP contribution in [0.2, 0.25) is 0 Å². The highest BCUT2D eigenvalue weighted by atomic mass is 16.8. The van der Waals surface area contributed by atoms with Crippen LogP contribution in [0.15, 0.2) is 11.6 Å². The van der Waals surface area contributed by atoms with Crippen molar-refractivity contribution in [3.05, 3.63) is 11.6 Å². The van der Waals surface area contributed by atoms with Gasteiger partial charge in [0.15, 0.2) is 25.2 Å². The summed E-state index contributed by atoms with van der Waals surface area (Å²) < 4.78 is 47.8. The zero-order valence-electron chi connectivity index (χ0n) is 43.1. The first-order valence-electron chi connectivity index (χ1n) is 26.5. The van der Waals surface area contributed by atoms with Gasteiger partial charge in [0.2, 0.25) is 0 Å². The van der Waals surface area contributed by atoms with Crippen molar-refractivity contribution in [2.45, 2.75) is 236 Å². The number of carbonyl (C=O) groups is 1. The van der Waals surface area contributed by atoms with Gasteiger partial charge in [-0.25, -0.2) is 0 Å². The molecule has 0 spiro atoms. The van der Waals surface area contributed by atoms with Gasteiger partial charge in [-0.2, -0.15) is 0 Å². The molecule has 72 heavy (non-hydrogen) atoms. The molecule has 0 amide bonds. The van der Waals surface area contributed by atoms with Gasteiger partial charge in [-0.15, -0.1) is 0 Å². The Morgan fingerprint density at radius 1 is 0.639 bits per heavy atom. The van der Waals surface area contributed by atoms with Crippen molar-refractivity contribution in [1.82, 2.24) is 0 Å². The van der Waals surface area contributed by atoms with Crippen molar-refractivity contribution in [3.8, 4) is 0 Å². The Hall–Kier alpha value is -1.51. The molecule has 20 nitrogen and oxygen atoms in total. The van der Waals surface area contributed by atoms with Crippen molar-refractivity contribution in [3.63, 3.8) is 0 Å².